The molecular weight excluding hydrogens is 322 g/mol. The minimum absolute atomic E-state index is 0.00591. The van der Waals surface area contributed by atoms with E-state index >= 15 is 0 Å². The number of rotatable bonds is 3. The Labute approximate surface area is 146 Å². The van der Waals surface area contributed by atoms with Crippen molar-refractivity contribution in [2.24, 2.45) is 0 Å². The van der Waals surface area contributed by atoms with E-state index in [1.54, 1.807) is 23.1 Å². The molecule has 0 unspecified atom stereocenters. The van der Waals surface area contributed by atoms with Crippen LogP contribution in [0.5, 0.6) is 5.75 Å². The number of benzene rings is 1. The maximum atomic E-state index is 12.8. The van der Waals surface area contributed by atoms with E-state index in [-0.39, 0.29) is 24.3 Å². The number of nitrogens with zero attached hydrogens (tertiary/aromatic N) is 2. The number of carbonyl (C=O) groups excluding carboxylic acids is 3. The van der Waals surface area contributed by atoms with Crippen LogP contribution in [0.15, 0.2) is 18.2 Å². The summed E-state index contributed by atoms with van der Waals surface area (Å²) in [5.74, 6) is 0.415. The monoisotopic (exact) mass is 345 g/mol. The van der Waals surface area contributed by atoms with Gasteiger partial charge in [0, 0.05) is 38.2 Å². The fourth-order valence-electron chi connectivity index (χ4n) is 3.14. The molecule has 1 aromatic rings. The van der Waals surface area contributed by atoms with E-state index < -0.39 is 0 Å². The minimum Gasteiger partial charge on any atom is -0.482 e. The molecule has 1 fully saturated rings. The summed E-state index contributed by atoms with van der Waals surface area (Å²) in [6.07, 6.45) is 2.16. The molecule has 0 aliphatic carbocycles. The van der Waals surface area contributed by atoms with Gasteiger partial charge < -0.3 is 19.9 Å². The van der Waals surface area contributed by atoms with Gasteiger partial charge in [-0.15, -0.1) is 0 Å². The Bertz CT molecular complexity index is 689. The Balaban J connectivity index is 1.68. The van der Waals surface area contributed by atoms with Crippen molar-refractivity contribution in [2.75, 3.05) is 38.1 Å². The summed E-state index contributed by atoms with van der Waals surface area (Å²) in [4.78, 5) is 39.9. The van der Waals surface area contributed by atoms with Gasteiger partial charge in [0.05, 0.1) is 5.69 Å². The molecule has 1 N–H and O–H groups in total. The van der Waals surface area contributed by atoms with Gasteiger partial charge in [-0.05, 0) is 31.0 Å². The van der Waals surface area contributed by atoms with Crippen LogP contribution in [0.2, 0.25) is 0 Å². The number of fused-ring (bicyclic) bond motifs is 1. The summed E-state index contributed by atoms with van der Waals surface area (Å²) in [6.45, 7) is 4.38. The first-order chi connectivity index (χ1) is 12.1. The zero-order chi connectivity index (χ0) is 17.8. The maximum absolute atomic E-state index is 12.8. The fourth-order valence-corrected chi connectivity index (χ4v) is 3.14. The number of anilines is 1. The molecule has 0 radical (unpaired) electrons. The van der Waals surface area contributed by atoms with Crippen LogP contribution < -0.4 is 10.1 Å². The average molecular weight is 345 g/mol. The SMILES string of the molecule is CCCC(=O)N1CCCN(C(=O)c2ccc3c(c2)NC(=O)CO3)CC1. The van der Waals surface area contributed by atoms with Crippen molar-refractivity contribution in [3.63, 3.8) is 0 Å². The van der Waals surface area contributed by atoms with E-state index in [0.29, 0.717) is 49.6 Å². The van der Waals surface area contributed by atoms with Crippen molar-refractivity contribution in [3.8, 4) is 5.75 Å². The number of ether oxygens (including phenoxy) is 1. The predicted molar refractivity (Wildman–Crippen MR) is 92.6 cm³/mol. The molecule has 0 spiro atoms. The number of hydrogen-bond donors (Lipinski definition) is 1. The van der Waals surface area contributed by atoms with Gasteiger partial charge in [-0.3, -0.25) is 14.4 Å². The number of amides is 3. The van der Waals surface area contributed by atoms with Gasteiger partial charge in [0.2, 0.25) is 5.91 Å². The molecule has 0 saturated carbocycles. The lowest BCUT2D eigenvalue weighted by molar-refractivity contribution is -0.131. The summed E-state index contributed by atoms with van der Waals surface area (Å²) in [5.41, 5.74) is 1.04. The molecule has 0 atom stereocenters. The van der Waals surface area contributed by atoms with Gasteiger partial charge in [-0.25, -0.2) is 0 Å². The van der Waals surface area contributed by atoms with Gasteiger partial charge >= 0.3 is 0 Å². The third kappa shape index (κ3) is 3.92. The highest BCUT2D eigenvalue weighted by molar-refractivity contribution is 5.99. The molecule has 25 heavy (non-hydrogen) atoms. The second kappa shape index (κ2) is 7.55. The van der Waals surface area contributed by atoms with Crippen molar-refractivity contribution >= 4 is 23.4 Å². The van der Waals surface area contributed by atoms with Crippen LogP contribution >= 0.6 is 0 Å². The number of nitrogens with one attached hydrogen (secondary N) is 1. The first-order valence-electron chi connectivity index (χ1n) is 8.72. The molecule has 7 nitrogen and oxygen atoms in total. The molecule has 134 valence electrons. The smallest absolute Gasteiger partial charge is 0.262 e. The highest BCUT2D eigenvalue weighted by atomic mass is 16.5. The van der Waals surface area contributed by atoms with Crippen LogP contribution in [0.1, 0.15) is 36.5 Å². The predicted octanol–water partition coefficient (Wildman–Crippen LogP) is 1.49. The lowest BCUT2D eigenvalue weighted by Gasteiger charge is -2.23. The normalized spacial score (nSPS) is 17.2. The van der Waals surface area contributed by atoms with Crippen molar-refractivity contribution in [3.05, 3.63) is 23.8 Å². The van der Waals surface area contributed by atoms with Gasteiger partial charge in [0.1, 0.15) is 5.75 Å². The average Bonchev–Trinajstić information content (AvgIpc) is 2.87. The first-order valence-corrected chi connectivity index (χ1v) is 8.72. The summed E-state index contributed by atoms with van der Waals surface area (Å²) in [7, 11) is 0. The molecular formula is C18H23N3O4. The molecule has 2 aliphatic rings. The molecule has 1 saturated heterocycles. The van der Waals surface area contributed by atoms with Crippen molar-refractivity contribution in [1.82, 2.24) is 9.80 Å². The Morgan fingerprint density at radius 2 is 1.92 bits per heavy atom. The fraction of sp³-hybridized carbons (Fsp3) is 0.500. The highest BCUT2D eigenvalue weighted by Crippen LogP contribution is 2.29. The zero-order valence-electron chi connectivity index (χ0n) is 14.4. The van der Waals surface area contributed by atoms with Crippen molar-refractivity contribution in [2.45, 2.75) is 26.2 Å². The van der Waals surface area contributed by atoms with Crippen LogP contribution in [0.3, 0.4) is 0 Å². The van der Waals surface area contributed by atoms with Crippen LogP contribution in [0.25, 0.3) is 0 Å². The Morgan fingerprint density at radius 1 is 1.16 bits per heavy atom. The van der Waals surface area contributed by atoms with E-state index in [1.165, 1.54) is 0 Å². The van der Waals surface area contributed by atoms with E-state index in [2.05, 4.69) is 5.32 Å². The lowest BCUT2D eigenvalue weighted by Crippen LogP contribution is -2.37. The van der Waals surface area contributed by atoms with E-state index in [9.17, 15) is 14.4 Å². The van der Waals surface area contributed by atoms with E-state index in [1.807, 2.05) is 11.8 Å². The van der Waals surface area contributed by atoms with Crippen LogP contribution in [0.4, 0.5) is 5.69 Å². The summed E-state index contributed by atoms with van der Waals surface area (Å²) < 4.78 is 5.32. The largest absolute Gasteiger partial charge is 0.482 e. The molecule has 1 aromatic carbocycles. The quantitative estimate of drug-likeness (QED) is 0.900. The summed E-state index contributed by atoms with van der Waals surface area (Å²) in [6, 6.07) is 5.07. The third-order valence-corrected chi connectivity index (χ3v) is 4.46. The van der Waals surface area contributed by atoms with Gasteiger partial charge in [0.25, 0.3) is 11.8 Å². The molecule has 0 aromatic heterocycles. The molecule has 2 heterocycles. The Hall–Kier alpha value is -2.57. The third-order valence-electron chi connectivity index (χ3n) is 4.46. The molecule has 0 bridgehead atoms. The Kier molecular flexibility index (Phi) is 5.21. The number of carbonyl (C=O) groups is 3. The molecule has 2 aliphatic heterocycles. The standard InChI is InChI=1S/C18H23N3O4/c1-2-4-17(23)20-7-3-8-21(10-9-20)18(24)13-5-6-15-14(11-13)19-16(22)12-25-15/h5-6,11H,2-4,7-10,12H2,1H3,(H,19,22). The van der Waals surface area contributed by atoms with Gasteiger partial charge in [0.15, 0.2) is 6.61 Å². The molecule has 3 amide bonds. The number of hydrogen-bond acceptors (Lipinski definition) is 4. The van der Waals surface area contributed by atoms with Crippen molar-refractivity contribution < 1.29 is 19.1 Å². The first kappa shape index (κ1) is 17.3. The summed E-state index contributed by atoms with van der Waals surface area (Å²) >= 11 is 0. The maximum Gasteiger partial charge on any atom is 0.262 e. The van der Waals surface area contributed by atoms with Crippen LogP contribution in [-0.2, 0) is 9.59 Å². The molecule has 3 rings (SSSR count). The Morgan fingerprint density at radius 3 is 2.72 bits per heavy atom. The van der Waals surface area contributed by atoms with Gasteiger partial charge in [-0.2, -0.15) is 0 Å². The van der Waals surface area contributed by atoms with E-state index in [4.69, 9.17) is 4.74 Å². The van der Waals surface area contributed by atoms with Gasteiger partial charge in [-0.1, -0.05) is 6.92 Å². The van der Waals surface area contributed by atoms with E-state index in [0.717, 1.165) is 12.8 Å². The topological polar surface area (TPSA) is 79.0 Å². The van der Waals surface area contributed by atoms with Crippen molar-refractivity contribution in [1.29, 1.82) is 0 Å². The lowest BCUT2D eigenvalue weighted by atomic mass is 10.1. The summed E-state index contributed by atoms with van der Waals surface area (Å²) in [5, 5.41) is 2.72. The zero-order valence-corrected chi connectivity index (χ0v) is 14.4. The molecule has 7 heteroatoms. The second-order valence-corrected chi connectivity index (χ2v) is 6.32. The highest BCUT2D eigenvalue weighted by Gasteiger charge is 2.24. The van der Waals surface area contributed by atoms with Crippen LogP contribution in [-0.4, -0.2) is 60.3 Å². The second-order valence-electron chi connectivity index (χ2n) is 6.32. The minimum atomic E-state index is -0.225. The van der Waals surface area contributed by atoms with Crippen LogP contribution in [0, 0.1) is 0 Å².